The Balaban J connectivity index is 2.09. The Bertz CT molecular complexity index is 528. The molecule has 0 aliphatic carbocycles. The number of hydrogen-bond acceptors (Lipinski definition) is 2. The van der Waals surface area contributed by atoms with E-state index < -0.39 is 6.23 Å². The highest BCUT2D eigenvalue weighted by molar-refractivity contribution is 5.57. The molecule has 17 heavy (non-hydrogen) atoms. The van der Waals surface area contributed by atoms with E-state index in [1.165, 1.54) is 5.56 Å². The summed E-state index contributed by atoms with van der Waals surface area (Å²) in [7, 11) is 0. The van der Waals surface area contributed by atoms with Gasteiger partial charge in [0.15, 0.2) is 0 Å². The summed E-state index contributed by atoms with van der Waals surface area (Å²) in [4.78, 5) is 4.45. The third kappa shape index (κ3) is 1.76. The van der Waals surface area contributed by atoms with Gasteiger partial charge in [-0.1, -0.05) is 29.8 Å². The number of aliphatic hydroxyl groups excluding tert-OH is 1. The van der Waals surface area contributed by atoms with Gasteiger partial charge in [-0.25, -0.2) is 4.98 Å². The quantitative estimate of drug-likeness (QED) is 0.815. The van der Waals surface area contributed by atoms with Crippen LogP contribution >= 0.6 is 0 Å². The van der Waals surface area contributed by atoms with E-state index in [0.717, 1.165) is 36.3 Å². The van der Waals surface area contributed by atoms with Crippen LogP contribution in [0.25, 0.3) is 11.4 Å². The second-order valence-corrected chi connectivity index (χ2v) is 4.68. The maximum atomic E-state index is 10.1. The SMILES string of the molecule is Cc1ccc(-c2ncc3n2C(O)CCC3)cc1. The first-order valence-electron chi connectivity index (χ1n) is 6.07. The normalized spacial score (nSPS) is 19.1. The largest absolute Gasteiger partial charge is 0.373 e. The molecule has 0 radical (unpaired) electrons. The smallest absolute Gasteiger partial charge is 0.142 e. The fourth-order valence-corrected chi connectivity index (χ4v) is 2.42. The number of rotatable bonds is 1. The van der Waals surface area contributed by atoms with Crippen LogP contribution in [0.2, 0.25) is 0 Å². The van der Waals surface area contributed by atoms with Gasteiger partial charge in [0.2, 0.25) is 0 Å². The highest BCUT2D eigenvalue weighted by Crippen LogP contribution is 2.29. The van der Waals surface area contributed by atoms with Crippen LogP contribution in [0.15, 0.2) is 30.5 Å². The lowest BCUT2D eigenvalue weighted by Crippen LogP contribution is -2.17. The zero-order valence-corrected chi connectivity index (χ0v) is 9.93. The number of fused-ring (bicyclic) bond motifs is 1. The van der Waals surface area contributed by atoms with Crippen molar-refractivity contribution in [2.75, 3.05) is 0 Å². The minimum atomic E-state index is -0.419. The number of nitrogens with zero attached hydrogens (tertiary/aromatic N) is 2. The second-order valence-electron chi connectivity index (χ2n) is 4.68. The van der Waals surface area contributed by atoms with Gasteiger partial charge in [-0.05, 0) is 26.2 Å². The van der Waals surface area contributed by atoms with E-state index in [-0.39, 0.29) is 0 Å². The fraction of sp³-hybridized carbons (Fsp3) is 0.357. The molecular weight excluding hydrogens is 212 g/mol. The maximum absolute atomic E-state index is 10.1. The van der Waals surface area contributed by atoms with Gasteiger partial charge in [0, 0.05) is 17.5 Å². The average Bonchev–Trinajstić information content (AvgIpc) is 2.75. The molecule has 1 N–H and O–H groups in total. The van der Waals surface area contributed by atoms with Crippen molar-refractivity contribution in [3.63, 3.8) is 0 Å². The number of hydrogen-bond donors (Lipinski definition) is 1. The fourth-order valence-electron chi connectivity index (χ4n) is 2.42. The van der Waals surface area contributed by atoms with Crippen molar-refractivity contribution in [3.05, 3.63) is 41.7 Å². The molecule has 0 amide bonds. The molecule has 1 atom stereocenters. The Morgan fingerprint density at radius 2 is 2.06 bits per heavy atom. The van der Waals surface area contributed by atoms with E-state index in [9.17, 15) is 5.11 Å². The van der Waals surface area contributed by atoms with Crippen molar-refractivity contribution in [2.45, 2.75) is 32.4 Å². The Morgan fingerprint density at radius 3 is 2.82 bits per heavy atom. The molecule has 3 nitrogen and oxygen atoms in total. The molecule has 0 saturated heterocycles. The molecule has 0 bridgehead atoms. The Hall–Kier alpha value is -1.61. The summed E-state index contributed by atoms with van der Waals surface area (Å²) < 4.78 is 1.97. The van der Waals surface area contributed by atoms with Crippen molar-refractivity contribution >= 4 is 0 Å². The lowest BCUT2D eigenvalue weighted by molar-refractivity contribution is 0.0807. The first-order chi connectivity index (χ1) is 8.25. The zero-order chi connectivity index (χ0) is 11.8. The Morgan fingerprint density at radius 1 is 1.29 bits per heavy atom. The second kappa shape index (κ2) is 4.00. The average molecular weight is 228 g/mol. The van der Waals surface area contributed by atoms with Crippen LogP contribution in [0.4, 0.5) is 0 Å². The monoisotopic (exact) mass is 228 g/mol. The molecule has 88 valence electrons. The molecule has 2 aromatic rings. The van der Waals surface area contributed by atoms with Crippen LogP contribution in [-0.2, 0) is 6.42 Å². The Labute approximate surface area is 101 Å². The summed E-state index contributed by atoms with van der Waals surface area (Å²) in [6.45, 7) is 2.07. The molecule has 1 unspecified atom stereocenters. The first-order valence-corrected chi connectivity index (χ1v) is 6.07. The summed E-state index contributed by atoms with van der Waals surface area (Å²) in [5.41, 5.74) is 3.45. The van der Waals surface area contributed by atoms with Gasteiger partial charge < -0.3 is 9.67 Å². The van der Waals surface area contributed by atoms with E-state index in [1.807, 2.05) is 10.8 Å². The predicted molar refractivity (Wildman–Crippen MR) is 66.6 cm³/mol. The minimum absolute atomic E-state index is 0.419. The molecule has 1 aliphatic rings. The lowest BCUT2D eigenvalue weighted by Gasteiger charge is -2.22. The Kier molecular flexibility index (Phi) is 2.48. The van der Waals surface area contributed by atoms with Gasteiger partial charge in [-0.2, -0.15) is 0 Å². The molecule has 0 fully saturated rings. The van der Waals surface area contributed by atoms with Gasteiger partial charge in [0.25, 0.3) is 0 Å². The molecule has 3 rings (SSSR count). The van der Waals surface area contributed by atoms with E-state index >= 15 is 0 Å². The molecule has 1 aliphatic heterocycles. The van der Waals surface area contributed by atoms with Crippen molar-refractivity contribution < 1.29 is 5.11 Å². The summed E-state index contributed by atoms with van der Waals surface area (Å²) in [5.74, 6) is 0.882. The lowest BCUT2D eigenvalue weighted by atomic mass is 10.1. The van der Waals surface area contributed by atoms with Gasteiger partial charge in [0.05, 0.1) is 0 Å². The summed E-state index contributed by atoms with van der Waals surface area (Å²) in [5, 5.41) is 10.1. The zero-order valence-electron chi connectivity index (χ0n) is 9.93. The van der Waals surface area contributed by atoms with E-state index in [0.29, 0.717) is 0 Å². The van der Waals surface area contributed by atoms with Crippen LogP contribution in [0.5, 0.6) is 0 Å². The van der Waals surface area contributed by atoms with Gasteiger partial charge in [-0.15, -0.1) is 0 Å². The van der Waals surface area contributed by atoms with E-state index in [1.54, 1.807) is 0 Å². The van der Waals surface area contributed by atoms with Crippen molar-refractivity contribution in [1.29, 1.82) is 0 Å². The van der Waals surface area contributed by atoms with Gasteiger partial charge in [-0.3, -0.25) is 0 Å². The molecule has 3 heteroatoms. The van der Waals surface area contributed by atoms with Crippen LogP contribution in [0.1, 0.15) is 30.3 Å². The minimum Gasteiger partial charge on any atom is -0.373 e. The molecule has 0 saturated carbocycles. The van der Waals surface area contributed by atoms with E-state index in [2.05, 4.69) is 36.2 Å². The van der Waals surface area contributed by atoms with Crippen molar-refractivity contribution in [1.82, 2.24) is 9.55 Å². The topological polar surface area (TPSA) is 38.0 Å². The molecule has 1 aromatic heterocycles. The number of aryl methyl sites for hydroxylation is 2. The molecule has 0 spiro atoms. The standard InChI is InChI=1S/C14H16N2O/c1-10-5-7-11(8-6-10)14-15-9-12-3-2-4-13(17)16(12)14/h5-9,13,17H,2-4H2,1H3. The highest BCUT2D eigenvalue weighted by atomic mass is 16.3. The number of aromatic nitrogens is 2. The molecular formula is C14H16N2O. The third-order valence-electron chi connectivity index (χ3n) is 3.38. The maximum Gasteiger partial charge on any atom is 0.142 e. The van der Waals surface area contributed by atoms with Crippen molar-refractivity contribution in [3.8, 4) is 11.4 Å². The van der Waals surface area contributed by atoms with E-state index in [4.69, 9.17) is 0 Å². The first kappa shape index (κ1) is 10.5. The molecule has 1 aromatic carbocycles. The predicted octanol–water partition coefficient (Wildman–Crippen LogP) is 2.69. The van der Waals surface area contributed by atoms with Crippen LogP contribution in [0, 0.1) is 6.92 Å². The van der Waals surface area contributed by atoms with Crippen molar-refractivity contribution in [2.24, 2.45) is 0 Å². The van der Waals surface area contributed by atoms with Crippen LogP contribution in [0.3, 0.4) is 0 Å². The van der Waals surface area contributed by atoms with Crippen LogP contribution in [-0.4, -0.2) is 14.7 Å². The van der Waals surface area contributed by atoms with Gasteiger partial charge >= 0.3 is 0 Å². The highest BCUT2D eigenvalue weighted by Gasteiger charge is 2.21. The number of benzene rings is 1. The van der Waals surface area contributed by atoms with Crippen LogP contribution < -0.4 is 0 Å². The van der Waals surface area contributed by atoms with Gasteiger partial charge in [0.1, 0.15) is 12.1 Å². The summed E-state index contributed by atoms with van der Waals surface area (Å²) >= 11 is 0. The third-order valence-corrected chi connectivity index (χ3v) is 3.38. The number of aliphatic hydroxyl groups is 1. The number of imidazole rings is 1. The molecule has 2 heterocycles. The summed E-state index contributed by atoms with van der Waals surface area (Å²) in [6.07, 6.45) is 4.34. The summed E-state index contributed by atoms with van der Waals surface area (Å²) in [6, 6.07) is 8.27.